The first-order valence-electron chi connectivity index (χ1n) is 7.91. The third-order valence-corrected chi connectivity index (χ3v) is 4.74. The minimum atomic E-state index is -0.555. The van der Waals surface area contributed by atoms with Gasteiger partial charge >= 0.3 is 0 Å². The molecule has 2 aromatic heterocycles. The first kappa shape index (κ1) is 16.0. The number of hydrogen-bond donors (Lipinski definition) is 0. The Morgan fingerprint density at radius 1 is 1.28 bits per heavy atom. The van der Waals surface area contributed by atoms with Crippen LogP contribution in [0.3, 0.4) is 0 Å². The van der Waals surface area contributed by atoms with Crippen molar-refractivity contribution in [3.05, 3.63) is 53.3 Å². The Hall–Kier alpha value is -2.47. The average Bonchev–Trinajstić information content (AvgIpc) is 2.84. The minimum absolute atomic E-state index is 0.00659. The van der Waals surface area contributed by atoms with Crippen molar-refractivity contribution < 1.29 is 13.6 Å². The van der Waals surface area contributed by atoms with Gasteiger partial charge in [0.25, 0.3) is 0 Å². The Labute approximate surface area is 147 Å². The number of halogens is 3. The second-order valence-corrected chi connectivity index (χ2v) is 6.44. The van der Waals surface area contributed by atoms with E-state index in [9.17, 15) is 13.6 Å². The molecule has 0 atom stereocenters. The zero-order valence-electron chi connectivity index (χ0n) is 13.2. The average molecular weight is 362 g/mol. The second-order valence-electron chi connectivity index (χ2n) is 6.03. The van der Waals surface area contributed by atoms with E-state index in [1.165, 1.54) is 23.0 Å². The summed E-state index contributed by atoms with van der Waals surface area (Å²) in [6.07, 6.45) is 3.65. The van der Waals surface area contributed by atoms with Crippen molar-refractivity contribution in [1.82, 2.24) is 14.5 Å². The van der Waals surface area contributed by atoms with Crippen molar-refractivity contribution in [2.45, 2.75) is 13.0 Å². The molecule has 1 amide bonds. The smallest absolute Gasteiger partial charge is 0.242 e. The normalized spacial score (nSPS) is 14.0. The number of likely N-dealkylation sites (tertiary alicyclic amines) is 1. The fourth-order valence-electron chi connectivity index (χ4n) is 2.94. The van der Waals surface area contributed by atoms with Crippen LogP contribution in [0.2, 0.25) is 5.02 Å². The van der Waals surface area contributed by atoms with Crippen LogP contribution >= 0.6 is 11.6 Å². The molecule has 25 heavy (non-hydrogen) atoms. The Bertz CT molecular complexity index is 982. The first-order valence-corrected chi connectivity index (χ1v) is 8.29. The molecule has 0 radical (unpaired) electrons. The standard InChI is InChI=1S/C18H14ClF2N3O/c19-13-4-1-3-12(17(13)21)11-7-15-18(22-8-11)14(20)9-24(15)10-16(25)23-5-2-6-23/h1,3-4,7-9H,2,5-6,10H2. The van der Waals surface area contributed by atoms with Crippen LogP contribution < -0.4 is 0 Å². The van der Waals surface area contributed by atoms with Gasteiger partial charge < -0.3 is 9.47 Å². The number of hydrogen-bond acceptors (Lipinski definition) is 2. The molecule has 1 aliphatic rings. The van der Waals surface area contributed by atoms with Gasteiger partial charge in [0, 0.05) is 36.6 Å². The van der Waals surface area contributed by atoms with Crippen molar-refractivity contribution in [3.8, 4) is 11.1 Å². The SMILES string of the molecule is O=C(Cn1cc(F)c2ncc(-c3cccc(Cl)c3F)cc21)N1CCC1. The lowest BCUT2D eigenvalue weighted by Crippen LogP contribution is -2.43. The van der Waals surface area contributed by atoms with Gasteiger partial charge in [-0.15, -0.1) is 0 Å². The zero-order valence-corrected chi connectivity index (χ0v) is 13.9. The van der Waals surface area contributed by atoms with Crippen molar-refractivity contribution in [3.63, 3.8) is 0 Å². The Morgan fingerprint density at radius 3 is 2.80 bits per heavy atom. The largest absolute Gasteiger partial charge is 0.341 e. The number of amides is 1. The topological polar surface area (TPSA) is 38.1 Å². The molecule has 0 spiro atoms. The molecule has 1 saturated heterocycles. The number of pyridine rings is 1. The van der Waals surface area contributed by atoms with E-state index in [0.29, 0.717) is 11.1 Å². The Morgan fingerprint density at radius 2 is 2.08 bits per heavy atom. The highest BCUT2D eigenvalue weighted by atomic mass is 35.5. The molecule has 4 nitrogen and oxygen atoms in total. The maximum absolute atomic E-state index is 14.3. The van der Waals surface area contributed by atoms with Crippen LogP contribution in [0.1, 0.15) is 6.42 Å². The Kier molecular flexibility index (Phi) is 3.92. The fourth-order valence-corrected chi connectivity index (χ4v) is 3.11. The van der Waals surface area contributed by atoms with E-state index >= 15 is 0 Å². The maximum atomic E-state index is 14.3. The predicted molar refractivity (Wildman–Crippen MR) is 91.3 cm³/mol. The van der Waals surface area contributed by atoms with Gasteiger partial charge in [-0.2, -0.15) is 0 Å². The first-order chi connectivity index (χ1) is 12.0. The number of rotatable bonds is 3. The van der Waals surface area contributed by atoms with Crippen LogP contribution in [0, 0.1) is 11.6 Å². The van der Waals surface area contributed by atoms with E-state index in [2.05, 4.69) is 4.98 Å². The monoisotopic (exact) mass is 361 g/mol. The summed E-state index contributed by atoms with van der Waals surface area (Å²) in [5.41, 5.74) is 1.36. The molecule has 0 N–H and O–H groups in total. The lowest BCUT2D eigenvalue weighted by molar-refractivity contribution is -0.135. The number of benzene rings is 1. The number of nitrogens with zero attached hydrogens (tertiary/aromatic N) is 3. The van der Waals surface area contributed by atoms with Gasteiger partial charge in [-0.1, -0.05) is 23.7 Å². The molecular weight excluding hydrogens is 348 g/mol. The highest BCUT2D eigenvalue weighted by Gasteiger charge is 2.22. The van der Waals surface area contributed by atoms with Crippen molar-refractivity contribution in [2.24, 2.45) is 0 Å². The number of carbonyl (C=O) groups excluding carboxylic acids is 1. The summed E-state index contributed by atoms with van der Waals surface area (Å²) in [5, 5.41) is 0.00659. The molecule has 0 unspecified atom stereocenters. The van der Waals surface area contributed by atoms with Crippen LogP contribution in [0.15, 0.2) is 36.7 Å². The summed E-state index contributed by atoms with van der Waals surface area (Å²) < 4.78 is 29.9. The molecule has 0 bridgehead atoms. The molecule has 0 saturated carbocycles. The van der Waals surface area contributed by atoms with Gasteiger partial charge in [-0.3, -0.25) is 9.78 Å². The highest BCUT2D eigenvalue weighted by Crippen LogP contribution is 2.30. The summed E-state index contributed by atoms with van der Waals surface area (Å²) in [6.45, 7) is 1.50. The van der Waals surface area contributed by atoms with Crippen molar-refractivity contribution in [1.29, 1.82) is 0 Å². The van der Waals surface area contributed by atoms with Gasteiger partial charge in [-0.25, -0.2) is 8.78 Å². The van der Waals surface area contributed by atoms with Crippen molar-refractivity contribution >= 4 is 28.5 Å². The van der Waals surface area contributed by atoms with E-state index < -0.39 is 11.6 Å². The fraction of sp³-hybridized carbons (Fsp3) is 0.222. The molecule has 4 rings (SSSR count). The number of fused-ring (bicyclic) bond motifs is 1. The van der Waals surface area contributed by atoms with E-state index in [4.69, 9.17) is 11.6 Å². The van der Waals surface area contributed by atoms with Crippen LogP contribution in [0.25, 0.3) is 22.2 Å². The molecule has 1 fully saturated rings. The lowest BCUT2D eigenvalue weighted by Gasteiger charge is -2.31. The number of carbonyl (C=O) groups is 1. The Balaban J connectivity index is 1.77. The highest BCUT2D eigenvalue weighted by molar-refractivity contribution is 6.31. The molecule has 1 aliphatic heterocycles. The van der Waals surface area contributed by atoms with Crippen LogP contribution in [-0.2, 0) is 11.3 Å². The van der Waals surface area contributed by atoms with E-state index in [1.807, 2.05) is 0 Å². The van der Waals surface area contributed by atoms with Gasteiger partial charge in [-0.05, 0) is 18.6 Å². The summed E-state index contributed by atoms with van der Waals surface area (Å²) in [4.78, 5) is 18.0. The molecule has 0 aliphatic carbocycles. The quantitative estimate of drug-likeness (QED) is 0.710. The summed E-state index contributed by atoms with van der Waals surface area (Å²) >= 11 is 5.83. The third-order valence-electron chi connectivity index (χ3n) is 4.45. The van der Waals surface area contributed by atoms with Crippen LogP contribution in [-0.4, -0.2) is 33.4 Å². The molecule has 3 heterocycles. The van der Waals surface area contributed by atoms with Crippen LogP contribution in [0.4, 0.5) is 8.78 Å². The number of aromatic nitrogens is 2. The molecular formula is C18H14ClF2N3O. The molecule has 3 aromatic rings. The van der Waals surface area contributed by atoms with Gasteiger partial charge in [0.1, 0.15) is 17.9 Å². The lowest BCUT2D eigenvalue weighted by atomic mass is 10.1. The summed E-state index contributed by atoms with van der Waals surface area (Å²) in [6, 6.07) is 6.31. The maximum Gasteiger partial charge on any atom is 0.242 e. The molecule has 1 aromatic carbocycles. The minimum Gasteiger partial charge on any atom is -0.341 e. The van der Waals surface area contributed by atoms with E-state index in [1.54, 1.807) is 23.1 Å². The van der Waals surface area contributed by atoms with Crippen molar-refractivity contribution in [2.75, 3.05) is 13.1 Å². The molecule has 128 valence electrons. The van der Waals surface area contributed by atoms with E-state index in [-0.39, 0.29) is 28.6 Å². The summed E-state index contributed by atoms with van der Waals surface area (Å²) in [7, 11) is 0. The van der Waals surface area contributed by atoms with Crippen LogP contribution in [0.5, 0.6) is 0 Å². The van der Waals surface area contributed by atoms with Gasteiger partial charge in [0.05, 0.1) is 10.5 Å². The predicted octanol–water partition coefficient (Wildman–Crippen LogP) is 3.87. The second kappa shape index (κ2) is 6.11. The van der Waals surface area contributed by atoms with E-state index in [0.717, 1.165) is 19.5 Å². The van der Waals surface area contributed by atoms with Gasteiger partial charge in [0.2, 0.25) is 5.91 Å². The summed E-state index contributed by atoms with van der Waals surface area (Å²) in [5.74, 6) is -1.13. The third kappa shape index (κ3) is 2.76. The zero-order chi connectivity index (χ0) is 17.6. The van der Waals surface area contributed by atoms with Gasteiger partial charge in [0.15, 0.2) is 5.82 Å². The molecule has 7 heteroatoms.